The van der Waals surface area contributed by atoms with Gasteiger partial charge in [0.2, 0.25) is 5.95 Å². The van der Waals surface area contributed by atoms with E-state index in [-0.39, 0.29) is 17.9 Å². The molecule has 3 aliphatic rings. The molecule has 3 fully saturated rings. The smallest absolute Gasteiger partial charge is 0.323 e. The second-order valence-electron chi connectivity index (χ2n) is 11.7. The molecule has 3 aliphatic heterocycles. The molecule has 3 saturated heterocycles. The van der Waals surface area contributed by atoms with Gasteiger partial charge in [-0.2, -0.15) is 9.97 Å². The van der Waals surface area contributed by atoms with Crippen LogP contribution in [0.25, 0.3) is 11.4 Å². The van der Waals surface area contributed by atoms with Gasteiger partial charge in [0, 0.05) is 73.9 Å². The van der Waals surface area contributed by atoms with Gasteiger partial charge in [-0.3, -0.25) is 4.79 Å². The Kier molecular flexibility index (Phi) is 9.29. The summed E-state index contributed by atoms with van der Waals surface area (Å²) in [6.45, 7) is 5.67. The van der Waals surface area contributed by atoms with Crippen LogP contribution >= 0.6 is 0 Å². The minimum atomic E-state index is -0.373. The molecule has 3 aromatic rings. The summed E-state index contributed by atoms with van der Waals surface area (Å²) in [4.78, 5) is 46.4. The van der Waals surface area contributed by atoms with Crippen molar-refractivity contribution in [1.29, 1.82) is 0 Å². The van der Waals surface area contributed by atoms with Gasteiger partial charge in [-0.15, -0.1) is 0 Å². The minimum Gasteiger partial charge on any atom is -0.381 e. The maximum atomic E-state index is 12.9. The van der Waals surface area contributed by atoms with Gasteiger partial charge in [-0.05, 0) is 81.9 Å². The Morgan fingerprint density at radius 1 is 0.795 bits per heavy atom. The summed E-state index contributed by atoms with van der Waals surface area (Å²) in [5.41, 5.74) is 2.69. The van der Waals surface area contributed by atoms with E-state index >= 15 is 0 Å². The van der Waals surface area contributed by atoms with E-state index in [2.05, 4.69) is 20.4 Å². The molecule has 232 valence electrons. The fraction of sp³-hybridized carbons (Fsp3) is 0.469. The van der Waals surface area contributed by atoms with Gasteiger partial charge in [0.15, 0.2) is 5.82 Å². The number of ether oxygens (including phenoxy) is 2. The van der Waals surface area contributed by atoms with Gasteiger partial charge in [0.1, 0.15) is 5.82 Å². The standard InChI is InChI=1S/C32H40N8O4/c1-38(2)27-11-14-40(21-27)30(41)24-5-9-26(10-6-24)34-32(42)33-25-7-3-22(4-8-25)28-35-29(23-12-17-43-18-13-23)37-31(36-28)39-15-19-44-20-16-39/h3-10,23,27H,11-21H2,1-2H3,(H2,33,34,42)/t27-/m1/s1. The molecule has 12 nitrogen and oxygen atoms in total. The number of likely N-dealkylation sites (tertiary alicyclic amines) is 1. The molecule has 2 aromatic carbocycles. The maximum absolute atomic E-state index is 12.9. The van der Waals surface area contributed by atoms with Crippen LogP contribution in [0.1, 0.15) is 41.4 Å². The van der Waals surface area contributed by atoms with E-state index in [1.807, 2.05) is 43.3 Å². The van der Waals surface area contributed by atoms with Crippen molar-refractivity contribution in [3.05, 3.63) is 59.9 Å². The van der Waals surface area contributed by atoms with Gasteiger partial charge in [-0.1, -0.05) is 0 Å². The molecule has 0 saturated carbocycles. The van der Waals surface area contributed by atoms with Crippen LogP contribution in [0.5, 0.6) is 0 Å². The lowest BCUT2D eigenvalue weighted by atomic mass is 9.99. The van der Waals surface area contributed by atoms with Crippen molar-refractivity contribution in [3.63, 3.8) is 0 Å². The second kappa shape index (κ2) is 13.7. The summed E-state index contributed by atoms with van der Waals surface area (Å²) in [5.74, 6) is 2.33. The number of anilines is 3. The number of nitrogens with one attached hydrogen (secondary N) is 2. The normalized spacial score (nSPS) is 19.3. The molecule has 0 radical (unpaired) electrons. The van der Waals surface area contributed by atoms with Gasteiger partial charge in [0.05, 0.1) is 13.2 Å². The summed E-state index contributed by atoms with van der Waals surface area (Å²) in [6, 6.07) is 14.5. The van der Waals surface area contributed by atoms with Gasteiger partial charge < -0.3 is 34.8 Å². The van der Waals surface area contributed by atoms with Crippen molar-refractivity contribution in [2.24, 2.45) is 0 Å². The number of likely N-dealkylation sites (N-methyl/N-ethyl adjacent to an activating group) is 1. The number of urea groups is 1. The van der Waals surface area contributed by atoms with E-state index in [9.17, 15) is 9.59 Å². The first-order chi connectivity index (χ1) is 21.4. The summed E-state index contributed by atoms with van der Waals surface area (Å²) in [7, 11) is 4.08. The Labute approximate surface area is 257 Å². The van der Waals surface area contributed by atoms with Crippen LogP contribution in [-0.4, -0.2) is 109 Å². The number of hydrogen-bond acceptors (Lipinski definition) is 9. The first-order valence-electron chi connectivity index (χ1n) is 15.3. The monoisotopic (exact) mass is 600 g/mol. The largest absolute Gasteiger partial charge is 0.381 e. The van der Waals surface area contributed by atoms with E-state index < -0.39 is 0 Å². The van der Waals surface area contributed by atoms with E-state index in [4.69, 9.17) is 24.4 Å². The lowest BCUT2D eigenvalue weighted by molar-refractivity contribution is 0.0783. The number of benzene rings is 2. The third-order valence-electron chi connectivity index (χ3n) is 8.49. The first kappa shape index (κ1) is 29.9. The molecule has 44 heavy (non-hydrogen) atoms. The number of carbonyl (C=O) groups excluding carboxylic acids is 2. The SMILES string of the molecule is CN(C)[C@@H]1CCN(C(=O)c2ccc(NC(=O)Nc3ccc(-c4nc(C5CCOCC5)nc(N5CCOCC5)n4)cc3)cc2)C1. The number of morpholine rings is 1. The van der Waals surface area contributed by atoms with Crippen molar-refractivity contribution < 1.29 is 19.1 Å². The van der Waals surface area contributed by atoms with Gasteiger partial charge >= 0.3 is 6.03 Å². The zero-order chi connectivity index (χ0) is 30.5. The highest BCUT2D eigenvalue weighted by molar-refractivity contribution is 6.00. The predicted molar refractivity (Wildman–Crippen MR) is 168 cm³/mol. The number of hydrogen-bond donors (Lipinski definition) is 2. The molecule has 0 aliphatic carbocycles. The third-order valence-corrected chi connectivity index (χ3v) is 8.49. The van der Waals surface area contributed by atoms with Crippen molar-refractivity contribution in [1.82, 2.24) is 24.8 Å². The molecular weight excluding hydrogens is 560 g/mol. The summed E-state index contributed by atoms with van der Waals surface area (Å²) in [5, 5.41) is 5.72. The van der Waals surface area contributed by atoms with Crippen molar-refractivity contribution >= 4 is 29.3 Å². The Bertz CT molecular complexity index is 1400. The highest BCUT2D eigenvalue weighted by Crippen LogP contribution is 2.28. The number of aromatic nitrogens is 3. The molecule has 2 N–H and O–H groups in total. The average molecular weight is 601 g/mol. The topological polar surface area (TPSA) is 125 Å². The molecule has 0 unspecified atom stereocenters. The van der Waals surface area contributed by atoms with Crippen LogP contribution in [-0.2, 0) is 9.47 Å². The van der Waals surface area contributed by atoms with Crippen LogP contribution in [0.4, 0.5) is 22.1 Å². The van der Waals surface area contributed by atoms with Crippen molar-refractivity contribution in [3.8, 4) is 11.4 Å². The van der Waals surface area contributed by atoms with Crippen molar-refractivity contribution in [2.45, 2.75) is 31.2 Å². The zero-order valence-electron chi connectivity index (χ0n) is 25.4. The Hall–Kier alpha value is -4.13. The minimum absolute atomic E-state index is 0.0144. The number of amides is 3. The van der Waals surface area contributed by atoms with Crippen LogP contribution in [0, 0.1) is 0 Å². The van der Waals surface area contributed by atoms with Crippen LogP contribution < -0.4 is 15.5 Å². The molecule has 1 atom stereocenters. The molecule has 6 rings (SSSR count). The van der Waals surface area contributed by atoms with E-state index in [1.165, 1.54) is 0 Å². The quantitative estimate of drug-likeness (QED) is 0.418. The highest BCUT2D eigenvalue weighted by Gasteiger charge is 2.28. The number of carbonyl (C=O) groups is 2. The number of nitrogens with zero attached hydrogens (tertiary/aromatic N) is 6. The third kappa shape index (κ3) is 7.15. The molecule has 0 bridgehead atoms. The fourth-order valence-corrected chi connectivity index (χ4v) is 5.78. The maximum Gasteiger partial charge on any atom is 0.323 e. The molecule has 12 heteroatoms. The predicted octanol–water partition coefficient (Wildman–Crippen LogP) is 3.69. The van der Waals surface area contributed by atoms with Gasteiger partial charge in [-0.25, -0.2) is 9.78 Å². The Morgan fingerprint density at radius 3 is 2.07 bits per heavy atom. The van der Waals surface area contributed by atoms with E-state index in [0.717, 1.165) is 56.8 Å². The summed E-state index contributed by atoms with van der Waals surface area (Å²) in [6.07, 6.45) is 2.75. The lowest BCUT2D eigenvalue weighted by Crippen LogP contribution is -2.37. The van der Waals surface area contributed by atoms with Crippen LogP contribution in [0.2, 0.25) is 0 Å². The molecule has 4 heterocycles. The Balaban J connectivity index is 1.09. The molecule has 1 aromatic heterocycles. The second-order valence-corrected chi connectivity index (χ2v) is 11.7. The first-order valence-corrected chi connectivity index (χ1v) is 15.3. The Morgan fingerprint density at radius 2 is 1.43 bits per heavy atom. The van der Waals surface area contributed by atoms with E-state index in [0.29, 0.717) is 61.2 Å². The molecular formula is C32H40N8O4. The highest BCUT2D eigenvalue weighted by atomic mass is 16.5. The number of rotatable bonds is 7. The summed E-state index contributed by atoms with van der Waals surface area (Å²) >= 11 is 0. The van der Waals surface area contributed by atoms with Gasteiger partial charge in [0.25, 0.3) is 5.91 Å². The van der Waals surface area contributed by atoms with Crippen LogP contribution in [0.3, 0.4) is 0 Å². The van der Waals surface area contributed by atoms with Crippen molar-refractivity contribution in [2.75, 3.05) is 82.2 Å². The fourth-order valence-electron chi connectivity index (χ4n) is 5.78. The van der Waals surface area contributed by atoms with E-state index in [1.54, 1.807) is 24.3 Å². The molecule has 3 amide bonds. The van der Waals surface area contributed by atoms with Crippen LogP contribution in [0.15, 0.2) is 48.5 Å². The summed E-state index contributed by atoms with van der Waals surface area (Å²) < 4.78 is 11.1. The molecule has 0 spiro atoms. The average Bonchev–Trinajstić information content (AvgIpc) is 3.57. The lowest BCUT2D eigenvalue weighted by Gasteiger charge is -2.28. The zero-order valence-corrected chi connectivity index (χ0v) is 25.4.